The molecule has 0 spiro atoms. The Morgan fingerprint density at radius 1 is 1.59 bits per heavy atom. The lowest BCUT2D eigenvalue weighted by Gasteiger charge is -2.35. The van der Waals surface area contributed by atoms with E-state index in [1.165, 1.54) is 19.4 Å². The van der Waals surface area contributed by atoms with Gasteiger partial charge in [-0.25, -0.2) is 0 Å². The summed E-state index contributed by atoms with van der Waals surface area (Å²) < 4.78 is 5.91. The van der Waals surface area contributed by atoms with Crippen molar-refractivity contribution in [3.63, 3.8) is 0 Å². The van der Waals surface area contributed by atoms with Gasteiger partial charge in [0, 0.05) is 24.4 Å². The third-order valence-corrected chi connectivity index (χ3v) is 4.80. The Morgan fingerprint density at radius 3 is 3.35 bits per heavy atom. The minimum atomic E-state index is 0.337. The van der Waals surface area contributed by atoms with Gasteiger partial charge in [0.2, 0.25) is 0 Å². The molecular formula is C12H21N3OS. The van der Waals surface area contributed by atoms with E-state index in [-0.39, 0.29) is 0 Å². The van der Waals surface area contributed by atoms with Crippen LogP contribution in [0, 0.1) is 0 Å². The highest BCUT2D eigenvalue weighted by molar-refractivity contribution is 8.14. The van der Waals surface area contributed by atoms with Crippen LogP contribution in [0.2, 0.25) is 0 Å². The molecule has 96 valence electrons. The van der Waals surface area contributed by atoms with E-state index in [2.05, 4.69) is 22.1 Å². The Bertz CT molecular complexity index is 310. The van der Waals surface area contributed by atoms with Crippen molar-refractivity contribution in [3.05, 3.63) is 0 Å². The first kappa shape index (κ1) is 11.8. The van der Waals surface area contributed by atoms with E-state index >= 15 is 0 Å². The molecule has 0 amide bonds. The number of aliphatic imine (C=N–C) groups is 1. The molecule has 3 heterocycles. The number of nitrogens with zero attached hydrogens (tertiary/aromatic N) is 2. The van der Waals surface area contributed by atoms with Crippen LogP contribution < -0.4 is 5.32 Å². The average molecular weight is 255 g/mol. The van der Waals surface area contributed by atoms with Crippen molar-refractivity contribution in [2.24, 2.45) is 4.99 Å². The van der Waals surface area contributed by atoms with Crippen LogP contribution in [0.15, 0.2) is 4.99 Å². The van der Waals surface area contributed by atoms with Gasteiger partial charge in [-0.05, 0) is 19.4 Å². The summed E-state index contributed by atoms with van der Waals surface area (Å²) in [7, 11) is 0. The van der Waals surface area contributed by atoms with Crippen LogP contribution >= 0.6 is 11.8 Å². The maximum absolute atomic E-state index is 5.91. The summed E-state index contributed by atoms with van der Waals surface area (Å²) in [5, 5.41) is 5.16. The van der Waals surface area contributed by atoms with Crippen molar-refractivity contribution < 1.29 is 4.74 Å². The molecule has 3 unspecified atom stereocenters. The number of thioether (sulfide) groups is 1. The van der Waals surface area contributed by atoms with Gasteiger partial charge in [0.1, 0.15) is 0 Å². The maximum atomic E-state index is 5.91. The van der Waals surface area contributed by atoms with Crippen molar-refractivity contribution in [2.75, 3.05) is 32.8 Å². The monoisotopic (exact) mass is 255 g/mol. The fourth-order valence-corrected chi connectivity index (χ4v) is 3.63. The van der Waals surface area contributed by atoms with Crippen molar-refractivity contribution in [2.45, 2.75) is 37.2 Å². The second kappa shape index (κ2) is 5.16. The third kappa shape index (κ3) is 2.77. The zero-order valence-electron chi connectivity index (χ0n) is 10.4. The second-order valence-electron chi connectivity index (χ2n) is 5.20. The smallest absolute Gasteiger partial charge is 0.157 e. The molecule has 0 bridgehead atoms. The van der Waals surface area contributed by atoms with Crippen molar-refractivity contribution in [3.8, 4) is 0 Å². The maximum Gasteiger partial charge on any atom is 0.157 e. The summed E-state index contributed by atoms with van der Waals surface area (Å²) in [6.07, 6.45) is 3.00. The molecule has 3 aliphatic rings. The fraction of sp³-hybridized carbons (Fsp3) is 0.917. The molecular weight excluding hydrogens is 234 g/mol. The molecule has 1 N–H and O–H groups in total. The molecule has 0 aromatic carbocycles. The zero-order valence-corrected chi connectivity index (χ0v) is 11.2. The highest BCUT2D eigenvalue weighted by Gasteiger charge is 2.32. The fourth-order valence-electron chi connectivity index (χ4n) is 2.78. The molecule has 4 nitrogen and oxygen atoms in total. The van der Waals surface area contributed by atoms with E-state index in [0.29, 0.717) is 17.4 Å². The summed E-state index contributed by atoms with van der Waals surface area (Å²) in [5.41, 5.74) is 0. The van der Waals surface area contributed by atoms with E-state index in [0.717, 1.165) is 31.4 Å². The van der Waals surface area contributed by atoms with Crippen LogP contribution in [0.1, 0.15) is 19.8 Å². The standard InChI is InChI=1S/C12H21N3OS/c1-9-5-13-12(17-9)14-6-11-7-15-4-2-3-10(15)8-16-11/h9-11H,2-8H2,1H3,(H,13,14). The van der Waals surface area contributed by atoms with Gasteiger partial charge >= 0.3 is 0 Å². The van der Waals surface area contributed by atoms with E-state index in [1.54, 1.807) is 0 Å². The molecule has 3 rings (SSSR count). The predicted octanol–water partition coefficient (Wildman–Crippen LogP) is 0.930. The average Bonchev–Trinajstić information content (AvgIpc) is 2.94. The van der Waals surface area contributed by atoms with Gasteiger partial charge < -0.3 is 10.1 Å². The first-order valence-corrected chi connectivity index (χ1v) is 7.50. The summed E-state index contributed by atoms with van der Waals surface area (Å²) in [4.78, 5) is 7.05. The Hall–Kier alpha value is -0.260. The molecule has 5 heteroatoms. The number of hydrogen-bond donors (Lipinski definition) is 1. The van der Waals surface area contributed by atoms with E-state index in [4.69, 9.17) is 4.74 Å². The van der Waals surface area contributed by atoms with Crippen molar-refractivity contribution in [1.82, 2.24) is 10.2 Å². The Morgan fingerprint density at radius 2 is 2.53 bits per heavy atom. The topological polar surface area (TPSA) is 36.9 Å². The molecule has 3 atom stereocenters. The molecule has 17 heavy (non-hydrogen) atoms. The lowest BCUT2D eigenvalue weighted by Crippen LogP contribution is -2.49. The lowest BCUT2D eigenvalue weighted by atomic mass is 10.2. The molecule has 2 saturated heterocycles. The van der Waals surface area contributed by atoms with Gasteiger partial charge in [-0.3, -0.25) is 9.89 Å². The van der Waals surface area contributed by atoms with E-state index < -0.39 is 0 Å². The number of amidine groups is 1. The Labute approximate surface area is 107 Å². The molecule has 0 saturated carbocycles. The van der Waals surface area contributed by atoms with Gasteiger partial charge in [0.05, 0.1) is 19.3 Å². The first-order chi connectivity index (χ1) is 8.31. The molecule has 0 radical (unpaired) electrons. The number of nitrogens with one attached hydrogen (secondary N) is 1. The van der Waals surface area contributed by atoms with Crippen LogP contribution in [-0.4, -0.2) is 60.2 Å². The van der Waals surface area contributed by atoms with E-state index in [1.807, 2.05) is 11.8 Å². The van der Waals surface area contributed by atoms with Crippen LogP contribution in [0.4, 0.5) is 0 Å². The highest BCUT2D eigenvalue weighted by atomic mass is 32.2. The van der Waals surface area contributed by atoms with Crippen LogP contribution in [0.25, 0.3) is 0 Å². The zero-order chi connectivity index (χ0) is 11.7. The third-order valence-electron chi connectivity index (χ3n) is 3.75. The number of hydrogen-bond acceptors (Lipinski definition) is 5. The minimum Gasteiger partial charge on any atom is -0.373 e. The van der Waals surface area contributed by atoms with Crippen LogP contribution in [0.3, 0.4) is 0 Å². The SMILES string of the molecule is CC1CN=C(NCC2CN3CCCC3CO2)S1. The Kier molecular flexibility index (Phi) is 3.59. The quantitative estimate of drug-likeness (QED) is 0.796. The minimum absolute atomic E-state index is 0.337. The van der Waals surface area contributed by atoms with Gasteiger partial charge in [-0.2, -0.15) is 0 Å². The highest BCUT2D eigenvalue weighted by Crippen LogP contribution is 2.23. The van der Waals surface area contributed by atoms with Crippen molar-refractivity contribution >= 4 is 16.9 Å². The largest absolute Gasteiger partial charge is 0.373 e. The van der Waals surface area contributed by atoms with Crippen molar-refractivity contribution in [1.29, 1.82) is 0 Å². The molecule has 2 fully saturated rings. The number of ether oxygens (including phenoxy) is 1. The summed E-state index contributed by atoms with van der Waals surface area (Å²) in [6.45, 7) is 7.34. The molecule has 0 aliphatic carbocycles. The number of rotatable bonds is 2. The van der Waals surface area contributed by atoms with E-state index in [9.17, 15) is 0 Å². The first-order valence-electron chi connectivity index (χ1n) is 6.62. The van der Waals surface area contributed by atoms with Gasteiger partial charge in [0.15, 0.2) is 5.17 Å². The Balaban J connectivity index is 1.43. The summed E-state index contributed by atoms with van der Waals surface area (Å²) in [5.74, 6) is 0. The molecule has 3 aliphatic heterocycles. The van der Waals surface area contributed by atoms with Crippen LogP contribution in [0.5, 0.6) is 0 Å². The van der Waals surface area contributed by atoms with Crippen LogP contribution in [-0.2, 0) is 4.74 Å². The van der Waals surface area contributed by atoms with Gasteiger partial charge in [0.25, 0.3) is 0 Å². The summed E-state index contributed by atoms with van der Waals surface area (Å²) in [6, 6.07) is 0.699. The predicted molar refractivity (Wildman–Crippen MR) is 71.7 cm³/mol. The molecule has 0 aromatic heterocycles. The number of morpholine rings is 1. The second-order valence-corrected chi connectivity index (χ2v) is 6.63. The number of fused-ring (bicyclic) bond motifs is 1. The lowest BCUT2D eigenvalue weighted by molar-refractivity contribution is -0.0451. The molecule has 0 aromatic rings. The van der Waals surface area contributed by atoms with Gasteiger partial charge in [-0.1, -0.05) is 18.7 Å². The summed E-state index contributed by atoms with van der Waals surface area (Å²) >= 11 is 1.84. The normalized spacial score (nSPS) is 37.9. The van der Waals surface area contributed by atoms with Gasteiger partial charge in [-0.15, -0.1) is 0 Å².